The van der Waals surface area contributed by atoms with Gasteiger partial charge in [-0.25, -0.2) is 5.06 Å². The van der Waals surface area contributed by atoms with Gasteiger partial charge >= 0.3 is 6.61 Å². The molecule has 13 heavy (non-hydrogen) atoms. The Labute approximate surface area is 74.4 Å². The van der Waals surface area contributed by atoms with Gasteiger partial charge in [0, 0.05) is 6.54 Å². The van der Waals surface area contributed by atoms with Crippen molar-refractivity contribution < 1.29 is 23.1 Å². The van der Waals surface area contributed by atoms with Crippen molar-refractivity contribution in [3.8, 4) is 0 Å². The topological polar surface area (TPSA) is 38.8 Å². The minimum atomic E-state index is -2.91. The van der Waals surface area contributed by atoms with Crippen LogP contribution in [0.25, 0.3) is 0 Å². The Bertz CT molecular complexity index is 171. The number of nitrogens with zero attached hydrogens (tertiary/aromatic N) is 1. The molecule has 1 saturated heterocycles. The first kappa shape index (κ1) is 10.3. The van der Waals surface area contributed by atoms with E-state index in [2.05, 4.69) is 4.74 Å². The maximum atomic E-state index is 11.5. The van der Waals surface area contributed by atoms with E-state index in [0.717, 1.165) is 17.9 Å². The number of rotatable bonds is 3. The molecule has 1 aliphatic rings. The van der Waals surface area contributed by atoms with Crippen LogP contribution in [0.5, 0.6) is 0 Å². The number of carbonyl (C=O) groups excluding carboxylic acids is 1. The molecule has 0 unspecified atom stereocenters. The molecule has 0 aromatic heterocycles. The summed E-state index contributed by atoms with van der Waals surface area (Å²) >= 11 is 0. The van der Waals surface area contributed by atoms with Gasteiger partial charge in [-0.1, -0.05) is 0 Å². The van der Waals surface area contributed by atoms with Crippen LogP contribution in [0.1, 0.15) is 12.8 Å². The molecule has 0 aromatic carbocycles. The summed E-state index contributed by atoms with van der Waals surface area (Å²) in [5.74, 6) is -0.556. The summed E-state index contributed by atoms with van der Waals surface area (Å²) in [6.45, 7) is -2.63. The molecule has 1 rings (SSSR count). The van der Waals surface area contributed by atoms with E-state index in [1.165, 1.54) is 0 Å². The van der Waals surface area contributed by atoms with Crippen molar-refractivity contribution >= 4 is 5.91 Å². The normalized spacial score (nSPS) is 17.9. The van der Waals surface area contributed by atoms with Crippen LogP contribution in [0, 0.1) is 0 Å². The fourth-order valence-corrected chi connectivity index (χ4v) is 1.000. The Morgan fingerprint density at radius 2 is 2.31 bits per heavy atom. The fourth-order valence-electron chi connectivity index (χ4n) is 1.000. The number of alkyl halides is 2. The van der Waals surface area contributed by atoms with E-state index in [1.807, 2.05) is 0 Å². The molecule has 0 radical (unpaired) electrons. The third-order valence-corrected chi connectivity index (χ3v) is 1.61. The molecular formula is C7H11F2NO3. The highest BCUT2D eigenvalue weighted by atomic mass is 19.3. The van der Waals surface area contributed by atoms with Crippen molar-refractivity contribution in [3.63, 3.8) is 0 Å². The van der Waals surface area contributed by atoms with E-state index in [0.29, 0.717) is 13.2 Å². The van der Waals surface area contributed by atoms with Crippen molar-refractivity contribution in [2.45, 2.75) is 19.5 Å². The zero-order chi connectivity index (χ0) is 9.68. The van der Waals surface area contributed by atoms with Crippen LogP contribution in [-0.2, 0) is 14.4 Å². The summed E-state index contributed by atoms with van der Waals surface area (Å²) in [7, 11) is 0. The number of amides is 1. The Kier molecular flexibility index (Phi) is 4.04. The summed E-state index contributed by atoms with van der Waals surface area (Å²) < 4.78 is 26.9. The van der Waals surface area contributed by atoms with Gasteiger partial charge in [-0.15, -0.1) is 0 Å². The Balaban J connectivity index is 2.21. The molecule has 76 valence electrons. The van der Waals surface area contributed by atoms with E-state index in [4.69, 9.17) is 4.84 Å². The van der Waals surface area contributed by atoms with Crippen LogP contribution in [0.3, 0.4) is 0 Å². The third-order valence-electron chi connectivity index (χ3n) is 1.61. The van der Waals surface area contributed by atoms with Crippen LogP contribution < -0.4 is 0 Å². The highest BCUT2D eigenvalue weighted by molar-refractivity contribution is 5.76. The molecule has 0 atom stereocenters. The molecule has 0 spiro atoms. The van der Waals surface area contributed by atoms with Crippen LogP contribution in [0.2, 0.25) is 0 Å². The summed E-state index contributed by atoms with van der Waals surface area (Å²) in [5.41, 5.74) is 0. The number of ether oxygens (including phenoxy) is 1. The lowest BCUT2D eigenvalue weighted by molar-refractivity contribution is -0.210. The largest absolute Gasteiger partial charge is 0.345 e. The van der Waals surface area contributed by atoms with Gasteiger partial charge in [0.05, 0.1) is 6.61 Å². The highest BCUT2D eigenvalue weighted by Crippen LogP contribution is 2.06. The lowest BCUT2D eigenvalue weighted by atomic mass is 10.3. The van der Waals surface area contributed by atoms with E-state index >= 15 is 0 Å². The highest BCUT2D eigenvalue weighted by Gasteiger charge is 2.18. The van der Waals surface area contributed by atoms with Crippen LogP contribution in [0.15, 0.2) is 0 Å². The third kappa shape index (κ3) is 3.65. The fraction of sp³-hybridized carbons (Fsp3) is 0.857. The second-order valence-corrected chi connectivity index (χ2v) is 2.61. The zero-order valence-corrected chi connectivity index (χ0v) is 7.04. The number of hydrogen-bond donors (Lipinski definition) is 0. The van der Waals surface area contributed by atoms with E-state index in [-0.39, 0.29) is 0 Å². The van der Waals surface area contributed by atoms with Crippen molar-refractivity contribution in [1.29, 1.82) is 0 Å². The molecule has 0 N–H and O–H groups in total. The first-order valence-corrected chi connectivity index (χ1v) is 4.03. The number of halogens is 2. The minimum absolute atomic E-state index is 0.450. The molecule has 0 aliphatic carbocycles. The predicted octanol–water partition coefficient (Wildman–Crippen LogP) is 0.780. The van der Waals surface area contributed by atoms with Gasteiger partial charge in [-0.3, -0.25) is 9.63 Å². The molecule has 1 aliphatic heterocycles. The first-order valence-electron chi connectivity index (χ1n) is 4.03. The smallest absolute Gasteiger partial charge is 0.313 e. The van der Waals surface area contributed by atoms with Gasteiger partial charge < -0.3 is 4.74 Å². The zero-order valence-electron chi connectivity index (χ0n) is 7.04. The SMILES string of the molecule is O=C(COC(F)F)N1CCCCO1. The van der Waals surface area contributed by atoms with Crippen LogP contribution in [-0.4, -0.2) is 37.3 Å². The monoisotopic (exact) mass is 195 g/mol. The molecule has 0 aromatic rings. The number of hydrogen-bond acceptors (Lipinski definition) is 3. The molecule has 0 saturated carbocycles. The van der Waals surface area contributed by atoms with Gasteiger partial charge in [0.25, 0.3) is 5.91 Å². The first-order chi connectivity index (χ1) is 6.20. The predicted molar refractivity (Wildman–Crippen MR) is 38.9 cm³/mol. The summed E-state index contributed by atoms with van der Waals surface area (Å²) in [4.78, 5) is 16.0. The van der Waals surface area contributed by atoms with Gasteiger partial charge in [0.2, 0.25) is 0 Å². The average Bonchev–Trinajstić information content (AvgIpc) is 2.15. The quantitative estimate of drug-likeness (QED) is 0.668. The molecule has 1 heterocycles. The van der Waals surface area contributed by atoms with Crippen molar-refractivity contribution in [2.75, 3.05) is 19.8 Å². The van der Waals surface area contributed by atoms with Gasteiger partial charge in [0.1, 0.15) is 6.61 Å². The molecular weight excluding hydrogens is 184 g/mol. The molecule has 4 nitrogen and oxygen atoms in total. The van der Waals surface area contributed by atoms with E-state index in [9.17, 15) is 13.6 Å². The lowest BCUT2D eigenvalue weighted by Crippen LogP contribution is -2.38. The second-order valence-electron chi connectivity index (χ2n) is 2.61. The molecule has 6 heteroatoms. The van der Waals surface area contributed by atoms with Gasteiger partial charge in [0.15, 0.2) is 0 Å². The van der Waals surface area contributed by atoms with Crippen molar-refractivity contribution in [3.05, 3.63) is 0 Å². The minimum Gasteiger partial charge on any atom is -0.313 e. The van der Waals surface area contributed by atoms with Crippen molar-refractivity contribution in [2.24, 2.45) is 0 Å². The van der Waals surface area contributed by atoms with E-state index < -0.39 is 19.1 Å². The molecule has 1 fully saturated rings. The lowest BCUT2D eigenvalue weighted by Gasteiger charge is -2.25. The van der Waals surface area contributed by atoms with Gasteiger partial charge in [-0.2, -0.15) is 8.78 Å². The Morgan fingerprint density at radius 1 is 1.54 bits per heavy atom. The van der Waals surface area contributed by atoms with Crippen molar-refractivity contribution in [1.82, 2.24) is 5.06 Å². The maximum Gasteiger partial charge on any atom is 0.345 e. The van der Waals surface area contributed by atoms with Gasteiger partial charge in [-0.05, 0) is 12.8 Å². The maximum absolute atomic E-state index is 11.5. The van der Waals surface area contributed by atoms with E-state index in [1.54, 1.807) is 0 Å². The Hall–Kier alpha value is -0.750. The molecule has 1 amide bonds. The molecule has 0 bridgehead atoms. The number of carbonyl (C=O) groups is 1. The second kappa shape index (κ2) is 5.08. The van der Waals surface area contributed by atoms with Crippen LogP contribution in [0.4, 0.5) is 8.78 Å². The summed E-state index contributed by atoms with van der Waals surface area (Å²) in [6.07, 6.45) is 1.72. The number of hydroxylamine groups is 2. The average molecular weight is 195 g/mol. The van der Waals surface area contributed by atoms with Crippen LogP contribution >= 0.6 is 0 Å². The standard InChI is InChI=1S/C7H11F2NO3/c8-7(9)12-5-6(11)10-3-1-2-4-13-10/h7H,1-5H2. The summed E-state index contributed by atoms with van der Waals surface area (Å²) in [5, 5.41) is 1.08. The Morgan fingerprint density at radius 3 is 2.85 bits per heavy atom. The summed E-state index contributed by atoms with van der Waals surface area (Å²) in [6, 6.07) is 0.